The number of ketones is 1. The molecule has 0 aromatic heterocycles. The van der Waals surface area contributed by atoms with E-state index in [-0.39, 0.29) is 23.3 Å². The molecule has 0 bridgehead atoms. The van der Waals surface area contributed by atoms with Crippen LogP contribution in [0.1, 0.15) is 58.9 Å². The molecule has 0 fully saturated rings. The lowest BCUT2D eigenvalue weighted by atomic mass is 9.68. The number of dihydropyridines is 1. The van der Waals surface area contributed by atoms with Crippen molar-refractivity contribution < 1.29 is 14.3 Å². The molecule has 144 valence electrons. The molecule has 1 aromatic carbocycles. The maximum absolute atomic E-state index is 13.1. The van der Waals surface area contributed by atoms with Crippen molar-refractivity contribution in [1.29, 1.82) is 0 Å². The van der Waals surface area contributed by atoms with Crippen LogP contribution in [0.25, 0.3) is 0 Å². The van der Waals surface area contributed by atoms with E-state index < -0.39 is 5.92 Å². The van der Waals surface area contributed by atoms with Gasteiger partial charge in [0, 0.05) is 33.8 Å². The summed E-state index contributed by atoms with van der Waals surface area (Å²) in [6.07, 6.45) is 1.02. The van der Waals surface area contributed by atoms with Gasteiger partial charge in [0.05, 0.1) is 11.7 Å². The minimum atomic E-state index is -0.424. The maximum atomic E-state index is 13.1. The van der Waals surface area contributed by atoms with Gasteiger partial charge in [-0.05, 0) is 44.2 Å². The fourth-order valence-corrected chi connectivity index (χ4v) is 4.52. The van der Waals surface area contributed by atoms with Crippen LogP contribution in [0, 0.1) is 5.41 Å². The van der Waals surface area contributed by atoms with Crippen molar-refractivity contribution in [1.82, 2.24) is 5.32 Å². The third-order valence-corrected chi connectivity index (χ3v) is 5.74. The first-order chi connectivity index (χ1) is 12.6. The smallest absolute Gasteiger partial charge is 0.337 e. The highest BCUT2D eigenvalue weighted by Crippen LogP contribution is 2.48. The zero-order valence-electron chi connectivity index (χ0n) is 16.5. The molecule has 0 radical (unpaired) electrons. The van der Waals surface area contributed by atoms with E-state index >= 15 is 0 Å². The second kappa shape index (κ2) is 7.27. The van der Waals surface area contributed by atoms with Crippen LogP contribution in [0.5, 0.6) is 0 Å². The van der Waals surface area contributed by atoms with Gasteiger partial charge in [0.2, 0.25) is 0 Å². The first kappa shape index (κ1) is 19.9. The first-order valence-corrected chi connectivity index (χ1v) is 10.1. The molecular formula is C22H26BrNO3. The Morgan fingerprint density at radius 2 is 1.93 bits per heavy atom. The lowest BCUT2D eigenvalue weighted by molar-refractivity contribution is -0.143. The summed E-state index contributed by atoms with van der Waals surface area (Å²) in [5.74, 6) is -0.705. The number of Topliss-reactive ketones (excluding diaryl/α,β-unsaturated/α-hetero) is 1. The number of carbonyl (C=O) groups excluding carboxylic acids is 2. The van der Waals surface area contributed by atoms with Gasteiger partial charge in [0.25, 0.3) is 0 Å². The monoisotopic (exact) mass is 431 g/mol. The lowest BCUT2D eigenvalue weighted by Crippen LogP contribution is -2.39. The van der Waals surface area contributed by atoms with Gasteiger partial charge in [-0.3, -0.25) is 4.79 Å². The number of halogens is 1. The number of rotatable bonds is 3. The van der Waals surface area contributed by atoms with E-state index in [1.165, 1.54) is 0 Å². The Morgan fingerprint density at radius 1 is 1.26 bits per heavy atom. The van der Waals surface area contributed by atoms with Gasteiger partial charge in [-0.1, -0.05) is 48.0 Å². The van der Waals surface area contributed by atoms with E-state index in [1.807, 2.05) is 45.0 Å². The molecule has 3 rings (SSSR count). The molecule has 1 aliphatic carbocycles. The predicted octanol–water partition coefficient (Wildman–Crippen LogP) is 5.00. The molecule has 1 N–H and O–H groups in total. The highest BCUT2D eigenvalue weighted by atomic mass is 79.9. The molecule has 1 atom stereocenters. The van der Waals surface area contributed by atoms with Crippen LogP contribution in [0.15, 0.2) is 51.3 Å². The predicted molar refractivity (Wildman–Crippen MR) is 109 cm³/mol. The highest BCUT2D eigenvalue weighted by molar-refractivity contribution is 9.10. The molecular weight excluding hydrogens is 406 g/mol. The summed E-state index contributed by atoms with van der Waals surface area (Å²) in [5, 5.41) is 3.35. The molecule has 0 saturated heterocycles. The normalized spacial score (nSPS) is 21.9. The summed E-state index contributed by atoms with van der Waals surface area (Å²) in [6, 6.07) is 7.77. The Hall–Kier alpha value is -1.88. The molecule has 2 aliphatic rings. The van der Waals surface area contributed by atoms with Gasteiger partial charge in [-0.2, -0.15) is 0 Å². The molecule has 0 saturated carbocycles. The summed E-state index contributed by atoms with van der Waals surface area (Å²) in [7, 11) is 0. The van der Waals surface area contributed by atoms with Crippen molar-refractivity contribution >= 4 is 27.7 Å². The van der Waals surface area contributed by atoms with Crippen LogP contribution < -0.4 is 5.32 Å². The van der Waals surface area contributed by atoms with Gasteiger partial charge >= 0.3 is 5.97 Å². The van der Waals surface area contributed by atoms with Crippen molar-refractivity contribution in [2.24, 2.45) is 5.41 Å². The largest absolute Gasteiger partial charge is 0.460 e. The van der Waals surface area contributed by atoms with E-state index in [0.717, 1.165) is 27.9 Å². The number of nitrogens with one attached hydrogen (secondary N) is 1. The van der Waals surface area contributed by atoms with Crippen LogP contribution in [-0.2, 0) is 14.3 Å². The standard InChI is InChI=1S/C22H26BrNO3/c1-12(2)27-21(26)18-13(3)24-16-10-22(4,5)11-17(25)20(16)19(18)14-8-6-7-9-15(14)23/h6-9,12,19,24H,10-11H2,1-5H3/t19-/m0/s1. The van der Waals surface area contributed by atoms with Crippen molar-refractivity contribution in [2.75, 3.05) is 0 Å². The second-order valence-electron chi connectivity index (χ2n) is 8.41. The number of hydrogen-bond acceptors (Lipinski definition) is 4. The van der Waals surface area contributed by atoms with Crippen LogP contribution >= 0.6 is 15.9 Å². The summed E-state index contributed by atoms with van der Waals surface area (Å²) < 4.78 is 6.40. The average molecular weight is 432 g/mol. The Labute approximate surface area is 169 Å². The minimum Gasteiger partial charge on any atom is -0.460 e. The highest BCUT2D eigenvalue weighted by Gasteiger charge is 2.43. The van der Waals surface area contributed by atoms with Gasteiger partial charge < -0.3 is 10.1 Å². The van der Waals surface area contributed by atoms with Gasteiger partial charge in [0.1, 0.15) is 0 Å². The number of allylic oxidation sites excluding steroid dienone is 3. The number of benzene rings is 1. The zero-order chi connectivity index (χ0) is 19.9. The molecule has 0 spiro atoms. The van der Waals surface area contributed by atoms with Gasteiger partial charge in [-0.15, -0.1) is 0 Å². The molecule has 5 heteroatoms. The SMILES string of the molecule is CC1=C(C(=O)OC(C)C)[C@H](c2ccccc2Br)C2=C(CC(C)(C)CC2=O)N1. The van der Waals surface area contributed by atoms with E-state index in [0.29, 0.717) is 17.6 Å². The summed E-state index contributed by atoms with van der Waals surface area (Å²) in [4.78, 5) is 26.1. The average Bonchev–Trinajstić information content (AvgIpc) is 2.51. The Kier molecular flexibility index (Phi) is 5.35. The van der Waals surface area contributed by atoms with Gasteiger partial charge in [-0.25, -0.2) is 4.79 Å². The second-order valence-corrected chi connectivity index (χ2v) is 9.26. The van der Waals surface area contributed by atoms with Crippen LogP contribution in [0.4, 0.5) is 0 Å². The molecule has 0 unspecified atom stereocenters. The van der Waals surface area contributed by atoms with Crippen molar-refractivity contribution in [2.45, 2.75) is 59.5 Å². The van der Waals surface area contributed by atoms with Crippen LogP contribution in [-0.4, -0.2) is 17.9 Å². The van der Waals surface area contributed by atoms with Gasteiger partial charge in [0.15, 0.2) is 5.78 Å². The maximum Gasteiger partial charge on any atom is 0.337 e. The first-order valence-electron chi connectivity index (χ1n) is 9.30. The number of carbonyl (C=O) groups is 2. The molecule has 4 nitrogen and oxygen atoms in total. The third-order valence-electron chi connectivity index (χ3n) is 5.02. The Morgan fingerprint density at radius 3 is 2.56 bits per heavy atom. The van der Waals surface area contributed by atoms with Crippen LogP contribution in [0.3, 0.4) is 0 Å². The van der Waals surface area contributed by atoms with E-state index in [9.17, 15) is 9.59 Å². The molecule has 1 aliphatic heterocycles. The van der Waals surface area contributed by atoms with Crippen molar-refractivity contribution in [3.8, 4) is 0 Å². The molecule has 27 heavy (non-hydrogen) atoms. The number of esters is 1. The Balaban J connectivity index is 2.19. The van der Waals surface area contributed by atoms with Crippen molar-refractivity contribution in [3.05, 3.63) is 56.8 Å². The molecule has 0 amide bonds. The lowest BCUT2D eigenvalue weighted by Gasteiger charge is -2.39. The fraction of sp³-hybridized carbons (Fsp3) is 0.455. The number of ether oxygens (including phenoxy) is 1. The van der Waals surface area contributed by atoms with Crippen molar-refractivity contribution in [3.63, 3.8) is 0 Å². The molecule has 1 aromatic rings. The summed E-state index contributed by atoms with van der Waals surface area (Å²) >= 11 is 3.61. The van der Waals surface area contributed by atoms with E-state index in [1.54, 1.807) is 0 Å². The number of hydrogen-bond donors (Lipinski definition) is 1. The summed E-state index contributed by atoms with van der Waals surface area (Å²) in [5.41, 5.74) is 3.71. The topological polar surface area (TPSA) is 55.4 Å². The zero-order valence-corrected chi connectivity index (χ0v) is 18.1. The summed E-state index contributed by atoms with van der Waals surface area (Å²) in [6.45, 7) is 9.75. The van der Waals surface area contributed by atoms with E-state index in [2.05, 4.69) is 35.1 Å². The fourth-order valence-electron chi connectivity index (χ4n) is 4.00. The minimum absolute atomic E-state index is 0.0943. The quantitative estimate of drug-likeness (QED) is 0.683. The van der Waals surface area contributed by atoms with E-state index in [4.69, 9.17) is 4.74 Å². The Bertz CT molecular complexity index is 864. The molecule has 1 heterocycles. The third kappa shape index (κ3) is 3.88. The van der Waals surface area contributed by atoms with Crippen LogP contribution in [0.2, 0.25) is 0 Å².